The van der Waals surface area contributed by atoms with Gasteiger partial charge < -0.3 is 9.84 Å². The number of benzene rings is 3. The third-order valence-corrected chi connectivity index (χ3v) is 5.02. The van der Waals surface area contributed by atoms with Crippen LogP contribution in [0.5, 0.6) is 5.75 Å². The van der Waals surface area contributed by atoms with Crippen LogP contribution in [0.4, 0.5) is 14.9 Å². The molecule has 0 spiro atoms. The molecule has 1 saturated heterocycles. The molecule has 1 aliphatic heterocycles. The average molecular weight is 460 g/mol. The number of carbonyl (C=O) groups is 4. The second kappa shape index (κ2) is 9.37. The maximum atomic E-state index is 13.7. The van der Waals surface area contributed by atoms with Crippen molar-refractivity contribution in [1.29, 1.82) is 0 Å². The second-order valence-corrected chi connectivity index (χ2v) is 7.26. The van der Waals surface area contributed by atoms with Gasteiger partial charge in [0.2, 0.25) is 0 Å². The van der Waals surface area contributed by atoms with Crippen LogP contribution in [-0.4, -0.2) is 28.9 Å². The number of barbiturate groups is 1. The highest BCUT2D eigenvalue weighted by Crippen LogP contribution is 2.23. The lowest BCUT2D eigenvalue weighted by molar-refractivity contribution is -0.122. The van der Waals surface area contributed by atoms with E-state index in [9.17, 15) is 23.6 Å². The third-order valence-electron chi connectivity index (χ3n) is 5.02. The number of ether oxygens (including phenoxy) is 1. The second-order valence-electron chi connectivity index (χ2n) is 7.26. The Kier molecular flexibility index (Phi) is 6.18. The molecule has 1 heterocycles. The van der Waals surface area contributed by atoms with Crippen molar-refractivity contribution < 1.29 is 33.4 Å². The van der Waals surface area contributed by atoms with Gasteiger partial charge in [-0.3, -0.25) is 14.9 Å². The van der Waals surface area contributed by atoms with Gasteiger partial charge in [0, 0.05) is 5.56 Å². The predicted molar refractivity (Wildman–Crippen MR) is 120 cm³/mol. The van der Waals surface area contributed by atoms with Crippen LogP contribution in [0.2, 0.25) is 0 Å². The van der Waals surface area contributed by atoms with E-state index in [0.717, 1.165) is 4.90 Å². The first-order valence-electron chi connectivity index (χ1n) is 10.0. The zero-order valence-electron chi connectivity index (χ0n) is 17.5. The monoisotopic (exact) mass is 460 g/mol. The summed E-state index contributed by atoms with van der Waals surface area (Å²) in [6.07, 6.45) is 1.32. The number of amides is 4. The number of urea groups is 1. The van der Waals surface area contributed by atoms with Gasteiger partial charge in [0.05, 0.1) is 11.3 Å². The Bertz CT molecular complexity index is 1320. The highest BCUT2D eigenvalue weighted by atomic mass is 19.1. The number of carboxylic acid groups (broad SMARTS) is 1. The zero-order valence-corrected chi connectivity index (χ0v) is 17.5. The maximum Gasteiger partial charge on any atom is 0.335 e. The number of anilines is 1. The number of imide groups is 2. The Hall–Kier alpha value is -4.79. The molecule has 0 unspecified atom stereocenters. The van der Waals surface area contributed by atoms with E-state index in [1.54, 1.807) is 42.5 Å². The van der Waals surface area contributed by atoms with Crippen molar-refractivity contribution in [3.63, 3.8) is 0 Å². The summed E-state index contributed by atoms with van der Waals surface area (Å²) in [6, 6.07) is 16.8. The van der Waals surface area contributed by atoms with Crippen molar-refractivity contribution in [3.05, 3.63) is 101 Å². The van der Waals surface area contributed by atoms with E-state index in [4.69, 9.17) is 9.84 Å². The fourth-order valence-electron chi connectivity index (χ4n) is 3.25. The van der Waals surface area contributed by atoms with Crippen molar-refractivity contribution in [2.45, 2.75) is 6.61 Å². The van der Waals surface area contributed by atoms with Crippen molar-refractivity contribution in [2.75, 3.05) is 4.90 Å². The molecule has 1 fully saturated rings. The van der Waals surface area contributed by atoms with Gasteiger partial charge in [-0.2, -0.15) is 0 Å². The van der Waals surface area contributed by atoms with Gasteiger partial charge in [-0.05, 0) is 54.1 Å². The number of rotatable bonds is 6. The largest absolute Gasteiger partial charge is 0.489 e. The molecule has 0 atom stereocenters. The maximum absolute atomic E-state index is 13.7. The minimum atomic E-state index is -1.15. The topological polar surface area (TPSA) is 113 Å². The van der Waals surface area contributed by atoms with E-state index in [0.29, 0.717) is 16.9 Å². The first-order valence-corrected chi connectivity index (χ1v) is 10.0. The van der Waals surface area contributed by atoms with Crippen LogP contribution in [0, 0.1) is 5.82 Å². The molecule has 3 aromatic carbocycles. The summed E-state index contributed by atoms with van der Waals surface area (Å²) >= 11 is 0. The van der Waals surface area contributed by atoms with Gasteiger partial charge in [-0.1, -0.05) is 30.3 Å². The number of hydrogen-bond acceptors (Lipinski definition) is 5. The van der Waals surface area contributed by atoms with E-state index in [-0.39, 0.29) is 29.2 Å². The summed E-state index contributed by atoms with van der Waals surface area (Å²) in [5.74, 6) is -2.77. The normalized spacial score (nSPS) is 14.8. The molecule has 2 N–H and O–H groups in total. The summed E-state index contributed by atoms with van der Waals surface area (Å²) in [7, 11) is 0. The Morgan fingerprint density at radius 1 is 0.971 bits per heavy atom. The Morgan fingerprint density at radius 3 is 2.29 bits per heavy atom. The molecular formula is C25H17FN2O6. The Balaban J connectivity index is 1.52. The van der Waals surface area contributed by atoms with Crippen LogP contribution >= 0.6 is 0 Å². The van der Waals surface area contributed by atoms with Crippen LogP contribution in [-0.2, 0) is 16.2 Å². The third kappa shape index (κ3) is 4.68. The zero-order chi connectivity index (χ0) is 24.2. The molecule has 34 heavy (non-hydrogen) atoms. The lowest BCUT2D eigenvalue weighted by Gasteiger charge is -2.26. The van der Waals surface area contributed by atoms with E-state index >= 15 is 0 Å². The Morgan fingerprint density at radius 2 is 1.65 bits per heavy atom. The molecule has 8 nitrogen and oxygen atoms in total. The van der Waals surface area contributed by atoms with Gasteiger partial charge in [-0.15, -0.1) is 0 Å². The lowest BCUT2D eigenvalue weighted by atomic mass is 10.1. The van der Waals surface area contributed by atoms with Crippen molar-refractivity contribution in [3.8, 4) is 5.75 Å². The molecule has 1 aliphatic rings. The lowest BCUT2D eigenvalue weighted by Crippen LogP contribution is -2.54. The highest BCUT2D eigenvalue weighted by molar-refractivity contribution is 6.39. The van der Waals surface area contributed by atoms with Crippen LogP contribution in [0.3, 0.4) is 0 Å². The van der Waals surface area contributed by atoms with Crippen molar-refractivity contribution >= 4 is 35.6 Å². The van der Waals surface area contributed by atoms with Gasteiger partial charge >= 0.3 is 12.0 Å². The minimum absolute atomic E-state index is 0.0160. The van der Waals surface area contributed by atoms with Crippen LogP contribution < -0.4 is 15.0 Å². The summed E-state index contributed by atoms with van der Waals surface area (Å²) in [4.78, 5) is 49.3. The number of hydrogen-bond donors (Lipinski definition) is 2. The van der Waals surface area contributed by atoms with Gasteiger partial charge in [-0.25, -0.2) is 18.9 Å². The fourth-order valence-corrected chi connectivity index (χ4v) is 3.25. The average Bonchev–Trinajstić information content (AvgIpc) is 2.82. The first kappa shape index (κ1) is 22.4. The van der Waals surface area contributed by atoms with Crippen molar-refractivity contribution in [1.82, 2.24) is 5.32 Å². The number of carboxylic acids is 1. The predicted octanol–water partition coefficient (Wildman–Crippen LogP) is 3.77. The molecule has 4 amide bonds. The van der Waals surface area contributed by atoms with E-state index in [1.165, 1.54) is 36.4 Å². The standard InChI is InChI=1S/C25H17FN2O6/c26-21-4-2-1-3-17(21)14-34-19-11-5-15(6-12-19)13-20-22(29)27-25(33)28(23(20)30)18-9-7-16(8-10-18)24(31)32/h1-13H,14H2,(H,31,32)(H,27,29,33)/b20-13+. The molecular weight excluding hydrogens is 443 g/mol. The van der Waals surface area contributed by atoms with Crippen LogP contribution in [0.25, 0.3) is 6.08 Å². The molecule has 170 valence electrons. The van der Waals surface area contributed by atoms with E-state index in [2.05, 4.69) is 5.32 Å². The van der Waals surface area contributed by atoms with Gasteiger partial charge in [0.25, 0.3) is 11.8 Å². The van der Waals surface area contributed by atoms with Gasteiger partial charge in [0.15, 0.2) is 0 Å². The molecule has 4 rings (SSSR count). The SMILES string of the molecule is O=C1NC(=O)N(c2ccc(C(=O)O)cc2)C(=O)/C1=C/c1ccc(OCc2ccccc2F)cc1. The van der Waals surface area contributed by atoms with Crippen LogP contribution in [0.1, 0.15) is 21.5 Å². The smallest absolute Gasteiger partial charge is 0.335 e. The summed E-state index contributed by atoms with van der Waals surface area (Å²) in [5, 5.41) is 11.1. The molecule has 0 aromatic heterocycles. The van der Waals surface area contributed by atoms with E-state index < -0.39 is 23.8 Å². The highest BCUT2D eigenvalue weighted by Gasteiger charge is 2.36. The molecule has 3 aromatic rings. The fraction of sp³-hybridized carbons (Fsp3) is 0.0400. The first-order chi connectivity index (χ1) is 16.3. The molecule has 0 radical (unpaired) electrons. The number of nitrogens with zero attached hydrogens (tertiary/aromatic N) is 1. The van der Waals surface area contributed by atoms with Crippen molar-refractivity contribution in [2.24, 2.45) is 0 Å². The quantitative estimate of drug-likeness (QED) is 0.428. The number of nitrogens with one attached hydrogen (secondary N) is 1. The summed E-state index contributed by atoms with van der Waals surface area (Å²) in [6.45, 7) is 0.0335. The van der Waals surface area contributed by atoms with E-state index in [1.807, 2.05) is 0 Å². The number of aromatic carboxylic acids is 1. The minimum Gasteiger partial charge on any atom is -0.489 e. The molecule has 0 aliphatic carbocycles. The number of carbonyl (C=O) groups excluding carboxylic acids is 3. The molecule has 9 heteroatoms. The molecule has 0 saturated carbocycles. The van der Waals surface area contributed by atoms with Gasteiger partial charge in [0.1, 0.15) is 23.7 Å². The summed E-state index contributed by atoms with van der Waals surface area (Å²) in [5.41, 5.74) is 0.717. The summed E-state index contributed by atoms with van der Waals surface area (Å²) < 4.78 is 19.3. The van der Waals surface area contributed by atoms with Crippen LogP contribution in [0.15, 0.2) is 78.4 Å². The number of halogens is 1. The Labute approximate surface area is 192 Å². The molecule has 0 bridgehead atoms.